The molecule has 4 rings (SSSR count). The average Bonchev–Trinajstić information content (AvgIpc) is 3.47. The molecular formula is C23H19F2N7O4S. The molecule has 2 aliphatic heterocycles. The second-order valence-corrected chi connectivity index (χ2v) is 8.61. The number of ether oxygens (including phenoxy) is 2. The normalized spacial score (nSPS) is 17.8. The highest BCUT2D eigenvalue weighted by atomic mass is 32.1. The number of nitrogens with one attached hydrogen (secondary N) is 4. The van der Waals surface area contributed by atoms with Gasteiger partial charge in [-0.3, -0.25) is 9.59 Å². The van der Waals surface area contributed by atoms with Gasteiger partial charge >= 0.3 is 12.6 Å². The lowest BCUT2D eigenvalue weighted by Crippen LogP contribution is -2.37. The number of thiophene rings is 1. The molecule has 2 aromatic rings. The number of rotatable bonds is 8. The van der Waals surface area contributed by atoms with Crippen LogP contribution in [0.15, 0.2) is 58.8 Å². The number of fused-ring (bicyclic) bond motifs is 1. The molecule has 0 radical (unpaired) electrons. The Balaban J connectivity index is 1.75. The van der Waals surface area contributed by atoms with Crippen molar-refractivity contribution in [3.8, 4) is 11.8 Å². The molecule has 0 saturated heterocycles. The van der Waals surface area contributed by atoms with Gasteiger partial charge in [0.05, 0.1) is 24.4 Å². The highest BCUT2D eigenvalue weighted by Gasteiger charge is 2.32. The van der Waals surface area contributed by atoms with Gasteiger partial charge < -0.3 is 30.5 Å². The quantitative estimate of drug-likeness (QED) is 0.232. The Kier molecular flexibility index (Phi) is 7.56. The lowest BCUT2D eigenvalue weighted by Gasteiger charge is -2.22. The van der Waals surface area contributed by atoms with Crippen molar-refractivity contribution in [2.45, 2.75) is 12.7 Å². The molecule has 14 heteroatoms. The molecular weight excluding hydrogens is 508 g/mol. The van der Waals surface area contributed by atoms with Crippen LogP contribution in [0.1, 0.15) is 16.5 Å². The Labute approximate surface area is 212 Å². The number of hydrogen-bond acceptors (Lipinski definition) is 11. The minimum Gasteiger partial charge on any atom is -0.468 e. The number of hydrogen-bond donors (Lipinski definition) is 4. The number of allylic oxidation sites excluding steroid dienone is 1. The Morgan fingerprint density at radius 3 is 2.86 bits per heavy atom. The van der Waals surface area contributed by atoms with E-state index in [2.05, 4.69) is 21.1 Å². The van der Waals surface area contributed by atoms with E-state index in [4.69, 9.17) is 14.9 Å². The summed E-state index contributed by atoms with van der Waals surface area (Å²) in [7, 11) is 1.21. The van der Waals surface area contributed by atoms with Crippen LogP contribution in [0.5, 0.6) is 5.75 Å². The number of alkyl halides is 2. The molecule has 1 atom stereocenters. The first-order chi connectivity index (χ1) is 17.8. The first-order valence-corrected chi connectivity index (χ1v) is 11.4. The van der Waals surface area contributed by atoms with Gasteiger partial charge in [0.2, 0.25) is 0 Å². The molecule has 11 nitrogen and oxygen atoms in total. The lowest BCUT2D eigenvalue weighted by atomic mass is 10.0. The minimum absolute atomic E-state index is 0.0944. The topological polar surface area (TPSA) is 152 Å². The maximum absolute atomic E-state index is 13.3. The molecule has 1 amide bonds. The number of nitrogens with zero attached hydrogens (tertiary/aromatic N) is 3. The summed E-state index contributed by atoms with van der Waals surface area (Å²) in [5, 5.41) is 24.2. The largest absolute Gasteiger partial charge is 0.468 e. The number of amides is 1. The number of halogens is 2. The molecule has 0 fully saturated rings. The Hall–Kier alpha value is -4.61. The van der Waals surface area contributed by atoms with Crippen LogP contribution in [0.2, 0.25) is 0 Å². The van der Waals surface area contributed by atoms with E-state index in [1.54, 1.807) is 18.2 Å². The van der Waals surface area contributed by atoms with E-state index >= 15 is 0 Å². The van der Waals surface area contributed by atoms with E-state index in [1.807, 2.05) is 6.07 Å². The smallest absolute Gasteiger partial charge is 0.387 e. The van der Waals surface area contributed by atoms with Crippen molar-refractivity contribution < 1.29 is 27.8 Å². The van der Waals surface area contributed by atoms with Crippen LogP contribution in [0.3, 0.4) is 0 Å². The van der Waals surface area contributed by atoms with Crippen molar-refractivity contribution in [2.75, 3.05) is 13.7 Å². The summed E-state index contributed by atoms with van der Waals surface area (Å²) >= 11 is 1.16. The van der Waals surface area contributed by atoms with Crippen molar-refractivity contribution in [2.24, 2.45) is 4.99 Å². The number of aliphatic imine (C=N–C) groups is 1. The third-order valence-corrected chi connectivity index (χ3v) is 6.22. The summed E-state index contributed by atoms with van der Waals surface area (Å²) < 4.78 is 36.7. The average molecular weight is 528 g/mol. The molecule has 2 aliphatic rings. The Morgan fingerprint density at radius 2 is 2.22 bits per heavy atom. The van der Waals surface area contributed by atoms with Crippen LogP contribution in [0.4, 0.5) is 8.78 Å². The van der Waals surface area contributed by atoms with Gasteiger partial charge in [-0.05, 0) is 29.7 Å². The van der Waals surface area contributed by atoms with Crippen molar-refractivity contribution >= 4 is 45.7 Å². The monoisotopic (exact) mass is 527 g/mol. The molecule has 0 saturated carbocycles. The Bertz CT molecular complexity index is 1420. The van der Waals surface area contributed by atoms with Crippen molar-refractivity contribution in [1.82, 2.24) is 21.1 Å². The molecule has 37 heavy (non-hydrogen) atoms. The maximum Gasteiger partial charge on any atom is 0.387 e. The number of hydrazine groups is 1. The van der Waals surface area contributed by atoms with Crippen molar-refractivity contribution in [3.05, 3.63) is 64.2 Å². The van der Waals surface area contributed by atoms with E-state index in [9.17, 15) is 23.6 Å². The van der Waals surface area contributed by atoms with Gasteiger partial charge in [-0.25, -0.2) is 10.4 Å². The van der Waals surface area contributed by atoms with Gasteiger partial charge in [-0.1, -0.05) is 0 Å². The predicted molar refractivity (Wildman–Crippen MR) is 131 cm³/mol. The van der Waals surface area contributed by atoms with Gasteiger partial charge in [0, 0.05) is 35.1 Å². The summed E-state index contributed by atoms with van der Waals surface area (Å²) in [6.45, 7) is -3.40. The first kappa shape index (κ1) is 25.5. The zero-order chi connectivity index (χ0) is 26.5. The van der Waals surface area contributed by atoms with E-state index < -0.39 is 24.5 Å². The number of esters is 1. The molecule has 190 valence electrons. The standard InChI is InChI=1S/C23H19F2N7O4S/c1-35-19(33)11-32-10-16(30-22(34)15(9-27)21-28-3-2-4-29-21)20(31-32)14-7-18-12(5-13(8-26)37-18)6-17(14)36-23(24)25/h2-7,9-10,20,23,27-28,31H,11H2,1H3,(H,30,34)/b21-15-,27-9?. The maximum atomic E-state index is 13.3. The fourth-order valence-electron chi connectivity index (χ4n) is 3.62. The highest BCUT2D eigenvalue weighted by Crippen LogP contribution is 2.39. The Morgan fingerprint density at radius 1 is 1.41 bits per heavy atom. The summed E-state index contributed by atoms with van der Waals surface area (Å²) in [5.74, 6) is -1.35. The molecule has 1 aromatic heterocycles. The molecule has 0 spiro atoms. The van der Waals surface area contributed by atoms with Crippen LogP contribution in [-0.2, 0) is 14.3 Å². The molecule has 3 heterocycles. The zero-order valence-corrected chi connectivity index (χ0v) is 19.9. The summed E-state index contributed by atoms with van der Waals surface area (Å²) in [5.41, 5.74) is 3.28. The van der Waals surface area contributed by atoms with Gasteiger partial charge in [-0.15, -0.1) is 11.3 Å². The second kappa shape index (κ2) is 11.0. The highest BCUT2D eigenvalue weighted by molar-refractivity contribution is 7.19. The summed E-state index contributed by atoms with van der Waals surface area (Å²) in [4.78, 5) is 29.4. The van der Waals surface area contributed by atoms with Gasteiger partial charge in [0.15, 0.2) is 0 Å². The number of nitriles is 1. The fourth-order valence-corrected chi connectivity index (χ4v) is 4.51. The van der Waals surface area contributed by atoms with E-state index in [-0.39, 0.29) is 34.9 Å². The van der Waals surface area contributed by atoms with Crippen molar-refractivity contribution in [1.29, 1.82) is 10.7 Å². The zero-order valence-electron chi connectivity index (χ0n) is 19.1. The first-order valence-electron chi connectivity index (χ1n) is 10.6. The fraction of sp³-hybridized carbons (Fsp3) is 0.174. The number of carbonyl (C=O) groups excluding carboxylic acids is 2. The van der Waals surface area contributed by atoms with Crippen LogP contribution in [-0.4, -0.2) is 49.6 Å². The number of carbonyl (C=O) groups is 2. The summed E-state index contributed by atoms with van der Waals surface area (Å²) in [6.07, 6.45) is 6.82. The SMILES string of the molecule is COC(=O)CN1C=C(NC(=O)/C(C=N)=C2\N=CC=CN2)C(c2cc3sc(C#N)cc3cc2OC(F)F)N1. The van der Waals surface area contributed by atoms with Crippen LogP contribution >= 0.6 is 11.3 Å². The van der Waals surface area contributed by atoms with Crippen LogP contribution in [0, 0.1) is 16.7 Å². The molecule has 1 aromatic carbocycles. The van der Waals surface area contributed by atoms with Gasteiger partial charge in [-0.2, -0.15) is 14.0 Å². The van der Waals surface area contributed by atoms with Crippen molar-refractivity contribution in [3.63, 3.8) is 0 Å². The van der Waals surface area contributed by atoms with Gasteiger partial charge in [0.1, 0.15) is 29.1 Å². The second-order valence-electron chi connectivity index (χ2n) is 7.52. The van der Waals surface area contributed by atoms with E-state index in [0.29, 0.717) is 15.0 Å². The number of benzene rings is 1. The molecule has 0 bridgehead atoms. The van der Waals surface area contributed by atoms with E-state index in [0.717, 1.165) is 17.6 Å². The van der Waals surface area contributed by atoms with E-state index in [1.165, 1.54) is 36.8 Å². The van der Waals surface area contributed by atoms with Crippen LogP contribution < -0.4 is 20.8 Å². The van der Waals surface area contributed by atoms with Crippen LogP contribution in [0.25, 0.3) is 10.1 Å². The molecule has 0 aliphatic carbocycles. The lowest BCUT2D eigenvalue weighted by molar-refractivity contribution is -0.141. The number of methoxy groups -OCH3 is 1. The predicted octanol–water partition coefficient (Wildman–Crippen LogP) is 2.42. The third-order valence-electron chi connectivity index (χ3n) is 5.22. The summed E-state index contributed by atoms with van der Waals surface area (Å²) in [6, 6.07) is 5.59. The third kappa shape index (κ3) is 5.63. The van der Waals surface area contributed by atoms with Gasteiger partial charge in [0.25, 0.3) is 5.91 Å². The molecule has 4 N–H and O–H groups in total. The molecule has 1 unspecified atom stereocenters. The minimum atomic E-state index is -3.14.